The van der Waals surface area contributed by atoms with Gasteiger partial charge < -0.3 is 4.57 Å². The second-order valence-electron chi connectivity index (χ2n) is 5.97. The molecule has 0 amide bonds. The van der Waals surface area contributed by atoms with Crippen LogP contribution < -0.4 is 0 Å². The van der Waals surface area contributed by atoms with Crippen LogP contribution >= 0.6 is 39.5 Å². The highest BCUT2D eigenvalue weighted by Crippen LogP contribution is 2.50. The first kappa shape index (κ1) is 17.2. The van der Waals surface area contributed by atoms with E-state index < -0.39 is 0 Å². The van der Waals surface area contributed by atoms with Crippen LogP contribution in [0.1, 0.15) is 25.0 Å². The lowest BCUT2D eigenvalue weighted by Crippen LogP contribution is -2.06. The number of nitrogens with zero attached hydrogens (tertiary/aromatic N) is 1. The number of thioether (sulfide) groups is 2. The average Bonchev–Trinajstić information content (AvgIpc) is 3.26. The third kappa shape index (κ3) is 3.15. The number of hydrogen-bond donors (Lipinski definition) is 0. The van der Waals surface area contributed by atoms with Crippen LogP contribution in [0.25, 0.3) is 10.9 Å². The molecule has 0 N–H and O–H groups in total. The van der Waals surface area contributed by atoms with E-state index in [1.807, 2.05) is 19.4 Å². The molecule has 1 fully saturated rings. The first-order chi connectivity index (χ1) is 11.0. The summed E-state index contributed by atoms with van der Waals surface area (Å²) in [6.07, 6.45) is 5.04. The maximum Gasteiger partial charge on any atom is 0.163 e. The molecule has 2 nitrogen and oxygen atoms in total. The van der Waals surface area contributed by atoms with Gasteiger partial charge in [-0.05, 0) is 50.1 Å². The van der Waals surface area contributed by atoms with Crippen LogP contribution in [0.4, 0.5) is 0 Å². The van der Waals surface area contributed by atoms with Crippen LogP contribution in [0.15, 0.2) is 38.5 Å². The highest BCUT2D eigenvalue weighted by atomic mass is 79.9. The van der Waals surface area contributed by atoms with Gasteiger partial charge in [0.1, 0.15) is 0 Å². The molecule has 5 heteroatoms. The number of aryl methyl sites for hydroxylation is 1. The molecule has 1 aromatic heterocycles. The van der Waals surface area contributed by atoms with E-state index in [2.05, 4.69) is 51.8 Å². The summed E-state index contributed by atoms with van der Waals surface area (Å²) in [6.45, 7) is 1.97. The monoisotopic (exact) mass is 409 g/mol. The van der Waals surface area contributed by atoms with Crippen molar-refractivity contribution in [3.8, 4) is 0 Å². The van der Waals surface area contributed by atoms with E-state index in [0.29, 0.717) is 11.7 Å². The Morgan fingerprint density at radius 1 is 1.26 bits per heavy atom. The summed E-state index contributed by atoms with van der Waals surface area (Å²) in [5, 5.41) is 1.23. The Kier molecular flexibility index (Phi) is 5.00. The first-order valence-electron chi connectivity index (χ1n) is 7.55. The van der Waals surface area contributed by atoms with Crippen LogP contribution in [0.3, 0.4) is 0 Å². The first-order valence-corrected chi connectivity index (χ1v) is 10.8. The Bertz CT molecular complexity index is 803. The highest BCUT2D eigenvalue weighted by Gasteiger charge is 2.45. The molecule has 1 aromatic carbocycles. The number of fused-ring (bicyclic) bond motifs is 1. The Hall–Kier alpha value is -0.650. The number of aromatic nitrogens is 1. The van der Waals surface area contributed by atoms with Crippen LogP contribution in [-0.4, -0.2) is 22.9 Å². The van der Waals surface area contributed by atoms with E-state index in [-0.39, 0.29) is 5.92 Å². The quantitative estimate of drug-likeness (QED) is 0.602. The van der Waals surface area contributed by atoms with Crippen molar-refractivity contribution in [2.75, 3.05) is 12.5 Å². The third-order valence-electron chi connectivity index (χ3n) is 4.60. The molecule has 0 saturated heterocycles. The molecular formula is C18H20BrNOS2. The number of carbonyl (C=O) groups excluding carboxylic acids is 1. The number of halogens is 1. The zero-order chi connectivity index (χ0) is 16.7. The van der Waals surface area contributed by atoms with E-state index in [1.54, 1.807) is 23.5 Å². The van der Waals surface area contributed by atoms with Crippen molar-refractivity contribution < 1.29 is 4.79 Å². The molecule has 2 aromatic rings. The van der Waals surface area contributed by atoms with Crippen molar-refractivity contribution >= 4 is 56.1 Å². The number of rotatable bonds is 5. The maximum atomic E-state index is 12.7. The molecule has 0 bridgehead atoms. The normalized spacial score (nSPS) is 19.9. The molecule has 1 aliphatic rings. The van der Waals surface area contributed by atoms with E-state index in [9.17, 15) is 4.79 Å². The summed E-state index contributed by atoms with van der Waals surface area (Å²) < 4.78 is 4.47. The molecule has 0 unspecified atom stereocenters. The van der Waals surface area contributed by atoms with E-state index in [4.69, 9.17) is 0 Å². The Morgan fingerprint density at radius 2 is 1.96 bits per heavy atom. The second-order valence-corrected chi connectivity index (χ2v) is 8.77. The minimum atomic E-state index is 0.149. The Labute approximate surface area is 154 Å². The molecule has 0 radical (unpaired) electrons. The molecular weight excluding hydrogens is 390 g/mol. The highest BCUT2D eigenvalue weighted by molar-refractivity contribution is 9.10. The third-order valence-corrected chi connectivity index (χ3v) is 7.44. The fourth-order valence-electron chi connectivity index (χ4n) is 3.28. The summed E-state index contributed by atoms with van der Waals surface area (Å²) in [5.74, 6) is 0.828. The maximum absolute atomic E-state index is 12.7. The topological polar surface area (TPSA) is 22.0 Å². The summed E-state index contributed by atoms with van der Waals surface area (Å²) in [5.41, 5.74) is 3.43. The van der Waals surface area contributed by atoms with E-state index in [0.717, 1.165) is 20.7 Å². The molecule has 0 aliphatic heterocycles. The largest absolute Gasteiger partial charge is 0.347 e. The fraction of sp³-hybridized carbons (Fsp3) is 0.389. The number of benzene rings is 1. The Morgan fingerprint density at radius 3 is 2.61 bits per heavy atom. The van der Waals surface area contributed by atoms with Crippen molar-refractivity contribution in [1.29, 1.82) is 0 Å². The number of hydrogen-bond acceptors (Lipinski definition) is 3. The van der Waals surface area contributed by atoms with Crippen molar-refractivity contribution in [3.05, 3.63) is 44.2 Å². The van der Waals surface area contributed by atoms with Crippen molar-refractivity contribution in [1.82, 2.24) is 4.57 Å². The predicted molar refractivity (Wildman–Crippen MR) is 106 cm³/mol. The van der Waals surface area contributed by atoms with Gasteiger partial charge in [-0.15, -0.1) is 23.5 Å². The summed E-state index contributed by atoms with van der Waals surface area (Å²) in [7, 11) is 2.10. The minimum Gasteiger partial charge on any atom is -0.347 e. The molecule has 3 rings (SSSR count). The number of carbonyl (C=O) groups is 1. The van der Waals surface area contributed by atoms with Gasteiger partial charge in [0.15, 0.2) is 5.78 Å². The predicted octanol–water partition coefficient (Wildman–Crippen LogP) is 5.57. The van der Waals surface area contributed by atoms with Gasteiger partial charge in [0.05, 0.1) is 0 Å². The van der Waals surface area contributed by atoms with Gasteiger partial charge >= 0.3 is 0 Å². The van der Waals surface area contributed by atoms with E-state index in [1.165, 1.54) is 16.6 Å². The van der Waals surface area contributed by atoms with Gasteiger partial charge in [0, 0.05) is 49.8 Å². The standard InChI is InChI=1S/C18H20BrNOS2/c1-10(18(22-3)23-4)17(21)14-9-13(14)16-8-11-7-12(19)5-6-15(11)20(16)2/h5-8,13-14H,9H2,1-4H3/t13-,14-/m0/s1. The van der Waals surface area contributed by atoms with Gasteiger partial charge in [0.25, 0.3) is 0 Å². The fourth-order valence-corrected chi connectivity index (χ4v) is 5.14. The lowest BCUT2D eigenvalue weighted by molar-refractivity contribution is -0.116. The van der Waals surface area contributed by atoms with Crippen molar-refractivity contribution in [2.24, 2.45) is 13.0 Å². The van der Waals surface area contributed by atoms with Gasteiger partial charge in [-0.3, -0.25) is 4.79 Å². The lowest BCUT2D eigenvalue weighted by atomic mass is 10.1. The molecule has 0 spiro atoms. The number of allylic oxidation sites excluding steroid dienone is 1. The van der Waals surface area contributed by atoms with Gasteiger partial charge in [-0.25, -0.2) is 0 Å². The van der Waals surface area contributed by atoms with Gasteiger partial charge in [-0.1, -0.05) is 15.9 Å². The van der Waals surface area contributed by atoms with Gasteiger partial charge in [-0.2, -0.15) is 0 Å². The minimum absolute atomic E-state index is 0.149. The molecule has 1 aliphatic carbocycles. The SMILES string of the molecule is CSC(SC)=C(C)C(=O)[C@H]1C[C@@H]1c1cc2cc(Br)ccc2n1C. The molecule has 23 heavy (non-hydrogen) atoms. The second kappa shape index (κ2) is 6.69. The number of Topliss-reactive ketones (excluding diaryl/α,β-unsaturated/α-hetero) is 1. The smallest absolute Gasteiger partial charge is 0.163 e. The molecule has 2 atom stereocenters. The summed E-state index contributed by atoms with van der Waals surface area (Å²) in [6, 6.07) is 8.58. The van der Waals surface area contributed by atoms with Gasteiger partial charge in [0.2, 0.25) is 0 Å². The summed E-state index contributed by atoms with van der Waals surface area (Å²) >= 11 is 6.87. The van der Waals surface area contributed by atoms with Crippen molar-refractivity contribution in [3.63, 3.8) is 0 Å². The zero-order valence-electron chi connectivity index (χ0n) is 13.7. The average molecular weight is 410 g/mol. The van der Waals surface area contributed by atoms with Crippen LogP contribution in [-0.2, 0) is 11.8 Å². The van der Waals surface area contributed by atoms with E-state index >= 15 is 0 Å². The lowest BCUT2D eigenvalue weighted by Gasteiger charge is -2.07. The summed E-state index contributed by atoms with van der Waals surface area (Å²) in [4.78, 5) is 12.7. The molecule has 1 saturated carbocycles. The molecule has 122 valence electrons. The van der Waals surface area contributed by atoms with Crippen molar-refractivity contribution in [2.45, 2.75) is 19.3 Å². The zero-order valence-corrected chi connectivity index (χ0v) is 16.9. The number of ketones is 1. The van der Waals surface area contributed by atoms with Crippen LogP contribution in [0.5, 0.6) is 0 Å². The van der Waals surface area contributed by atoms with Crippen LogP contribution in [0.2, 0.25) is 0 Å². The van der Waals surface area contributed by atoms with Crippen LogP contribution in [0, 0.1) is 5.92 Å². The molecule has 1 heterocycles. The Balaban J connectivity index is 1.88.